The quantitative estimate of drug-likeness (QED) is 0.471. The van der Waals surface area contributed by atoms with Gasteiger partial charge in [0.1, 0.15) is 0 Å². The van der Waals surface area contributed by atoms with Gasteiger partial charge in [0, 0.05) is 5.33 Å². The summed E-state index contributed by atoms with van der Waals surface area (Å²) in [6.07, 6.45) is 5.96. The average Bonchev–Trinajstić information content (AvgIpc) is 2.03. The molecule has 0 fully saturated rings. The maximum Gasteiger partial charge on any atom is 0.0120 e. The highest BCUT2D eigenvalue weighted by atomic mass is 79.9. The van der Waals surface area contributed by atoms with Crippen LogP contribution in [0.4, 0.5) is 0 Å². The molecule has 0 saturated heterocycles. The van der Waals surface area contributed by atoms with Crippen molar-refractivity contribution in [1.29, 1.82) is 0 Å². The second kappa shape index (κ2) is 5.80. The summed E-state index contributed by atoms with van der Waals surface area (Å²) in [7, 11) is 0. The van der Waals surface area contributed by atoms with E-state index < -0.39 is 0 Å². The van der Waals surface area contributed by atoms with Gasteiger partial charge in [0.2, 0.25) is 0 Å². The van der Waals surface area contributed by atoms with Crippen LogP contribution in [0, 0.1) is 11.3 Å². The lowest BCUT2D eigenvalue weighted by molar-refractivity contribution is 0.403. The Hall–Kier alpha value is 0.220. The molecule has 0 aliphatic rings. The van der Waals surface area contributed by atoms with Crippen LogP contribution in [0.3, 0.4) is 0 Å². The van der Waals surface area contributed by atoms with E-state index in [2.05, 4.69) is 49.4 Å². The zero-order chi connectivity index (χ0) is 9.61. The fourth-order valence-corrected chi connectivity index (χ4v) is 1.65. The summed E-state index contributed by atoms with van der Waals surface area (Å²) in [6, 6.07) is 0. The summed E-state index contributed by atoms with van der Waals surface area (Å²) < 4.78 is 0. The highest BCUT2D eigenvalue weighted by molar-refractivity contribution is 9.09. The Bertz CT molecular complexity index is 129. The lowest BCUT2D eigenvalue weighted by atomic mass is 9.86. The van der Waals surface area contributed by atoms with Gasteiger partial charge in [0.25, 0.3) is 0 Å². The Kier molecular flexibility index (Phi) is 5.90. The van der Waals surface area contributed by atoms with Crippen molar-refractivity contribution in [2.24, 2.45) is 11.3 Å². The lowest BCUT2D eigenvalue weighted by Crippen LogP contribution is -2.14. The summed E-state index contributed by atoms with van der Waals surface area (Å²) in [6.45, 7) is 10.7. The highest BCUT2D eigenvalue weighted by Gasteiger charge is 2.17. The first-order valence-corrected chi connectivity index (χ1v) is 5.86. The molecule has 0 aromatic heterocycles. The van der Waals surface area contributed by atoms with Crippen molar-refractivity contribution in [1.82, 2.24) is 0 Å². The number of hydrogen-bond donors (Lipinski definition) is 0. The van der Waals surface area contributed by atoms with Crippen LogP contribution in [0.5, 0.6) is 0 Å². The molecule has 72 valence electrons. The molecule has 0 aliphatic carbocycles. The summed E-state index contributed by atoms with van der Waals surface area (Å²) in [5, 5.41) is 1.03. The molecule has 0 aromatic rings. The van der Waals surface area contributed by atoms with Gasteiger partial charge in [-0.3, -0.25) is 0 Å². The van der Waals surface area contributed by atoms with Gasteiger partial charge in [0.15, 0.2) is 0 Å². The first kappa shape index (κ1) is 12.2. The fourth-order valence-electron chi connectivity index (χ4n) is 1.14. The van der Waals surface area contributed by atoms with Gasteiger partial charge in [-0.1, -0.05) is 55.6 Å². The van der Waals surface area contributed by atoms with Crippen LogP contribution in [0.15, 0.2) is 12.7 Å². The predicted octanol–water partition coefficient (Wildman–Crippen LogP) is 4.40. The molecule has 0 radical (unpaired) electrons. The molecule has 12 heavy (non-hydrogen) atoms. The van der Waals surface area contributed by atoms with Crippen molar-refractivity contribution in [3.05, 3.63) is 12.7 Å². The Morgan fingerprint density at radius 3 is 2.42 bits per heavy atom. The molecular formula is C11H21Br. The second-order valence-corrected chi connectivity index (χ2v) is 4.84. The molecule has 0 amide bonds. The maximum atomic E-state index is 3.87. The number of halogens is 1. The highest BCUT2D eigenvalue weighted by Crippen LogP contribution is 2.28. The minimum Gasteiger partial charge on any atom is -0.103 e. The molecule has 0 rings (SSSR count). The second-order valence-electron chi connectivity index (χ2n) is 4.28. The monoisotopic (exact) mass is 232 g/mol. The molecule has 0 N–H and O–H groups in total. The van der Waals surface area contributed by atoms with E-state index in [1.54, 1.807) is 0 Å². The van der Waals surface area contributed by atoms with E-state index in [-0.39, 0.29) is 0 Å². The minimum absolute atomic E-state index is 0.300. The van der Waals surface area contributed by atoms with Crippen molar-refractivity contribution in [2.75, 3.05) is 5.33 Å². The molecule has 0 aromatic carbocycles. The first-order chi connectivity index (χ1) is 5.54. The van der Waals surface area contributed by atoms with Gasteiger partial charge < -0.3 is 0 Å². The molecule has 0 saturated carbocycles. The van der Waals surface area contributed by atoms with E-state index in [1.807, 2.05) is 0 Å². The maximum absolute atomic E-state index is 3.87. The minimum atomic E-state index is 0.300. The Balaban J connectivity index is 3.66. The van der Waals surface area contributed by atoms with Crippen LogP contribution in [-0.4, -0.2) is 5.33 Å². The van der Waals surface area contributed by atoms with Crippen LogP contribution < -0.4 is 0 Å². The molecule has 0 heterocycles. The third-order valence-corrected chi connectivity index (χ3v) is 3.61. The van der Waals surface area contributed by atoms with Crippen LogP contribution in [0.2, 0.25) is 0 Å². The number of alkyl halides is 1. The molecular weight excluding hydrogens is 212 g/mol. The molecule has 0 nitrogen and oxygen atoms in total. The van der Waals surface area contributed by atoms with Gasteiger partial charge in [-0.25, -0.2) is 0 Å². The largest absolute Gasteiger partial charge is 0.103 e. The molecule has 1 heteroatoms. The van der Waals surface area contributed by atoms with E-state index in [1.165, 1.54) is 19.3 Å². The Labute approximate surface area is 85.6 Å². The summed E-state index contributed by atoms with van der Waals surface area (Å²) in [5.41, 5.74) is 0.300. The third kappa shape index (κ3) is 4.97. The first-order valence-electron chi connectivity index (χ1n) is 4.73. The van der Waals surface area contributed by atoms with E-state index in [0.717, 1.165) is 11.2 Å². The molecule has 0 aliphatic heterocycles. The summed E-state index contributed by atoms with van der Waals surface area (Å²) in [4.78, 5) is 0. The van der Waals surface area contributed by atoms with E-state index in [9.17, 15) is 0 Å². The molecule has 0 spiro atoms. The van der Waals surface area contributed by atoms with Gasteiger partial charge in [-0.2, -0.15) is 0 Å². The van der Waals surface area contributed by atoms with Crippen molar-refractivity contribution in [3.63, 3.8) is 0 Å². The molecule has 1 unspecified atom stereocenters. The van der Waals surface area contributed by atoms with E-state index in [0.29, 0.717) is 5.41 Å². The van der Waals surface area contributed by atoms with Crippen LogP contribution >= 0.6 is 15.9 Å². The van der Waals surface area contributed by atoms with Crippen molar-refractivity contribution < 1.29 is 0 Å². The van der Waals surface area contributed by atoms with Crippen molar-refractivity contribution >= 4 is 15.9 Å². The zero-order valence-electron chi connectivity index (χ0n) is 8.57. The van der Waals surface area contributed by atoms with Gasteiger partial charge in [0.05, 0.1) is 0 Å². The van der Waals surface area contributed by atoms with E-state index in [4.69, 9.17) is 0 Å². The van der Waals surface area contributed by atoms with Gasteiger partial charge in [-0.15, -0.1) is 6.58 Å². The van der Waals surface area contributed by atoms with Crippen LogP contribution in [0.25, 0.3) is 0 Å². The van der Waals surface area contributed by atoms with Gasteiger partial charge >= 0.3 is 0 Å². The van der Waals surface area contributed by atoms with Gasteiger partial charge in [-0.05, 0) is 17.8 Å². The predicted molar refractivity (Wildman–Crippen MR) is 60.8 cm³/mol. The Morgan fingerprint density at radius 2 is 2.08 bits per heavy atom. The normalized spacial score (nSPS) is 16.1. The SMILES string of the molecule is C=CC(C)(CBr)CCCC(C)C. The number of hydrogen-bond acceptors (Lipinski definition) is 0. The summed E-state index contributed by atoms with van der Waals surface area (Å²) in [5.74, 6) is 0.828. The molecule has 0 bridgehead atoms. The van der Waals surface area contributed by atoms with Crippen LogP contribution in [0.1, 0.15) is 40.0 Å². The zero-order valence-corrected chi connectivity index (χ0v) is 10.2. The number of rotatable bonds is 6. The Morgan fingerprint density at radius 1 is 1.50 bits per heavy atom. The van der Waals surface area contributed by atoms with Crippen LogP contribution in [-0.2, 0) is 0 Å². The fraction of sp³-hybridized carbons (Fsp3) is 0.818. The molecule has 1 atom stereocenters. The smallest absolute Gasteiger partial charge is 0.0120 e. The average molecular weight is 233 g/mol. The standard InChI is InChI=1S/C11H21Br/c1-5-11(4,9-12)8-6-7-10(2)3/h5,10H,1,6-9H2,2-4H3. The topological polar surface area (TPSA) is 0 Å². The summed E-state index contributed by atoms with van der Waals surface area (Å²) >= 11 is 3.53. The van der Waals surface area contributed by atoms with Crippen molar-refractivity contribution in [3.8, 4) is 0 Å². The lowest BCUT2D eigenvalue weighted by Gasteiger charge is -2.22. The third-order valence-electron chi connectivity index (χ3n) is 2.33. The number of allylic oxidation sites excluding steroid dienone is 1. The van der Waals surface area contributed by atoms with Crippen molar-refractivity contribution in [2.45, 2.75) is 40.0 Å². The van der Waals surface area contributed by atoms with E-state index >= 15 is 0 Å².